The monoisotopic (exact) mass is 268 g/mol. The van der Waals surface area contributed by atoms with Crippen LogP contribution in [0.5, 0.6) is 5.75 Å². The summed E-state index contributed by atoms with van der Waals surface area (Å²) in [6.45, 7) is 2.02. The molecule has 1 atom stereocenters. The molecule has 20 heavy (non-hydrogen) atoms. The lowest BCUT2D eigenvalue weighted by Crippen LogP contribution is -2.11. The van der Waals surface area contributed by atoms with Crippen molar-refractivity contribution in [2.24, 2.45) is 5.73 Å². The normalized spacial score (nSPS) is 12.6. The summed E-state index contributed by atoms with van der Waals surface area (Å²) in [6.07, 6.45) is 3.46. The summed E-state index contributed by atoms with van der Waals surface area (Å²) >= 11 is 0. The molecule has 102 valence electrons. The molecule has 0 saturated carbocycles. The Morgan fingerprint density at radius 3 is 2.65 bits per heavy atom. The van der Waals surface area contributed by atoms with Crippen LogP contribution >= 0.6 is 0 Å². The molecule has 3 aromatic rings. The van der Waals surface area contributed by atoms with Gasteiger partial charge in [-0.3, -0.25) is 4.98 Å². The Labute approximate surface area is 117 Å². The predicted octanol–water partition coefficient (Wildman–Crippen LogP) is 3.19. The number of nitrogens with zero attached hydrogens (tertiary/aromatic N) is 1. The SMILES string of the molecule is COc1ccc2c(C)c(C(N)c3ccncc3)oc2c1. The molecule has 0 aliphatic carbocycles. The summed E-state index contributed by atoms with van der Waals surface area (Å²) in [5.41, 5.74) is 9.13. The number of pyridine rings is 1. The molecule has 0 aliphatic rings. The van der Waals surface area contributed by atoms with E-state index < -0.39 is 0 Å². The van der Waals surface area contributed by atoms with Crippen molar-refractivity contribution in [3.05, 3.63) is 59.6 Å². The molecule has 2 N–H and O–H groups in total. The maximum atomic E-state index is 6.30. The van der Waals surface area contributed by atoms with Gasteiger partial charge in [0.05, 0.1) is 13.2 Å². The molecule has 3 rings (SSSR count). The van der Waals surface area contributed by atoms with E-state index in [1.807, 2.05) is 37.3 Å². The lowest BCUT2D eigenvalue weighted by molar-refractivity contribution is 0.414. The second-order valence-corrected chi connectivity index (χ2v) is 4.71. The molecule has 0 saturated heterocycles. The van der Waals surface area contributed by atoms with Gasteiger partial charge in [-0.1, -0.05) is 0 Å². The van der Waals surface area contributed by atoms with Gasteiger partial charge in [-0.25, -0.2) is 0 Å². The molecule has 2 aromatic heterocycles. The standard InChI is InChI=1S/C16H16N2O2/c1-10-13-4-3-12(19-2)9-14(13)20-16(10)15(17)11-5-7-18-8-6-11/h3-9,15H,17H2,1-2H3. The van der Waals surface area contributed by atoms with Crippen molar-refractivity contribution in [1.82, 2.24) is 4.98 Å². The van der Waals surface area contributed by atoms with Gasteiger partial charge in [0, 0.05) is 29.4 Å². The lowest BCUT2D eigenvalue weighted by Gasteiger charge is -2.09. The van der Waals surface area contributed by atoms with Crippen LogP contribution in [0.3, 0.4) is 0 Å². The van der Waals surface area contributed by atoms with Gasteiger partial charge in [-0.05, 0) is 36.8 Å². The maximum Gasteiger partial charge on any atom is 0.138 e. The number of nitrogens with two attached hydrogens (primary N) is 1. The first-order valence-electron chi connectivity index (χ1n) is 6.43. The molecule has 0 aliphatic heterocycles. The molecule has 1 aromatic carbocycles. The Hall–Kier alpha value is -2.33. The van der Waals surface area contributed by atoms with Crippen LogP contribution in [0.15, 0.2) is 47.1 Å². The average Bonchev–Trinajstić information content (AvgIpc) is 2.84. The molecule has 4 heteroatoms. The third kappa shape index (κ3) is 2.04. The van der Waals surface area contributed by atoms with E-state index in [2.05, 4.69) is 4.98 Å². The van der Waals surface area contributed by atoms with Crippen LogP contribution in [0.2, 0.25) is 0 Å². The van der Waals surface area contributed by atoms with Crippen LogP contribution in [-0.4, -0.2) is 12.1 Å². The van der Waals surface area contributed by atoms with E-state index in [0.717, 1.165) is 33.6 Å². The summed E-state index contributed by atoms with van der Waals surface area (Å²) in [5, 5.41) is 1.06. The van der Waals surface area contributed by atoms with Crippen molar-refractivity contribution in [2.45, 2.75) is 13.0 Å². The van der Waals surface area contributed by atoms with Gasteiger partial charge in [-0.15, -0.1) is 0 Å². The van der Waals surface area contributed by atoms with Gasteiger partial charge < -0.3 is 14.9 Å². The fraction of sp³-hybridized carbons (Fsp3) is 0.188. The summed E-state index contributed by atoms with van der Waals surface area (Å²) in [5.74, 6) is 1.55. The summed E-state index contributed by atoms with van der Waals surface area (Å²) < 4.78 is 11.1. The number of rotatable bonds is 3. The fourth-order valence-electron chi connectivity index (χ4n) is 2.37. The van der Waals surface area contributed by atoms with E-state index in [1.54, 1.807) is 19.5 Å². The minimum atomic E-state index is -0.295. The third-order valence-electron chi connectivity index (χ3n) is 3.53. The highest BCUT2D eigenvalue weighted by molar-refractivity contribution is 5.83. The van der Waals surface area contributed by atoms with Crippen molar-refractivity contribution in [3.8, 4) is 5.75 Å². The summed E-state index contributed by atoms with van der Waals surface area (Å²) in [7, 11) is 1.64. The molecule has 0 spiro atoms. The number of benzene rings is 1. The van der Waals surface area contributed by atoms with Crippen LogP contribution < -0.4 is 10.5 Å². The van der Waals surface area contributed by atoms with Gasteiger partial charge in [0.1, 0.15) is 17.1 Å². The first kappa shape index (κ1) is 12.7. The molecule has 2 heterocycles. The van der Waals surface area contributed by atoms with Crippen molar-refractivity contribution >= 4 is 11.0 Å². The first-order valence-corrected chi connectivity index (χ1v) is 6.43. The van der Waals surface area contributed by atoms with E-state index in [4.69, 9.17) is 14.9 Å². The highest BCUT2D eigenvalue weighted by Gasteiger charge is 2.18. The van der Waals surface area contributed by atoms with E-state index in [0.29, 0.717) is 0 Å². The van der Waals surface area contributed by atoms with Crippen LogP contribution in [0.1, 0.15) is 22.9 Å². The summed E-state index contributed by atoms with van der Waals surface area (Å²) in [6, 6.07) is 9.31. The predicted molar refractivity (Wildman–Crippen MR) is 77.8 cm³/mol. The molecular weight excluding hydrogens is 252 g/mol. The zero-order chi connectivity index (χ0) is 14.1. The Bertz CT molecular complexity index is 735. The molecule has 4 nitrogen and oxygen atoms in total. The number of ether oxygens (including phenoxy) is 1. The van der Waals surface area contributed by atoms with E-state index in [9.17, 15) is 0 Å². The average molecular weight is 268 g/mol. The number of aryl methyl sites for hydroxylation is 1. The van der Waals surface area contributed by atoms with Crippen LogP contribution in [-0.2, 0) is 0 Å². The van der Waals surface area contributed by atoms with Gasteiger partial charge in [0.15, 0.2) is 0 Å². The Morgan fingerprint density at radius 1 is 1.20 bits per heavy atom. The van der Waals surface area contributed by atoms with Crippen molar-refractivity contribution in [2.75, 3.05) is 7.11 Å². The van der Waals surface area contributed by atoms with Gasteiger partial charge in [0.2, 0.25) is 0 Å². The molecule has 0 fully saturated rings. The van der Waals surface area contributed by atoms with Crippen LogP contribution in [0.4, 0.5) is 0 Å². The smallest absolute Gasteiger partial charge is 0.138 e. The zero-order valence-electron chi connectivity index (χ0n) is 11.5. The number of furan rings is 1. The van der Waals surface area contributed by atoms with Crippen molar-refractivity contribution in [3.63, 3.8) is 0 Å². The second-order valence-electron chi connectivity index (χ2n) is 4.71. The molecular formula is C16H16N2O2. The molecule has 0 amide bonds. The Morgan fingerprint density at radius 2 is 1.95 bits per heavy atom. The Balaban J connectivity index is 2.10. The maximum absolute atomic E-state index is 6.30. The first-order chi connectivity index (χ1) is 9.70. The number of hydrogen-bond donors (Lipinski definition) is 1. The van der Waals surface area contributed by atoms with E-state index in [-0.39, 0.29) is 6.04 Å². The summed E-state index contributed by atoms with van der Waals surface area (Å²) in [4.78, 5) is 4.01. The van der Waals surface area contributed by atoms with Crippen LogP contribution in [0.25, 0.3) is 11.0 Å². The number of methoxy groups -OCH3 is 1. The van der Waals surface area contributed by atoms with Gasteiger partial charge in [-0.2, -0.15) is 0 Å². The lowest BCUT2D eigenvalue weighted by atomic mass is 10.0. The number of fused-ring (bicyclic) bond motifs is 1. The fourth-order valence-corrected chi connectivity index (χ4v) is 2.37. The Kier molecular flexibility index (Phi) is 3.16. The van der Waals surface area contributed by atoms with Crippen molar-refractivity contribution < 1.29 is 9.15 Å². The third-order valence-corrected chi connectivity index (χ3v) is 3.53. The van der Waals surface area contributed by atoms with Gasteiger partial charge >= 0.3 is 0 Å². The molecule has 1 unspecified atom stereocenters. The minimum Gasteiger partial charge on any atom is -0.497 e. The largest absolute Gasteiger partial charge is 0.497 e. The van der Waals surface area contributed by atoms with E-state index in [1.165, 1.54) is 0 Å². The van der Waals surface area contributed by atoms with Crippen molar-refractivity contribution in [1.29, 1.82) is 0 Å². The van der Waals surface area contributed by atoms with Crippen LogP contribution in [0, 0.1) is 6.92 Å². The highest BCUT2D eigenvalue weighted by atomic mass is 16.5. The number of aromatic nitrogens is 1. The van der Waals surface area contributed by atoms with E-state index >= 15 is 0 Å². The molecule has 0 radical (unpaired) electrons. The quantitative estimate of drug-likeness (QED) is 0.792. The highest BCUT2D eigenvalue weighted by Crippen LogP contribution is 2.33. The minimum absolute atomic E-state index is 0.295. The number of hydrogen-bond acceptors (Lipinski definition) is 4. The zero-order valence-corrected chi connectivity index (χ0v) is 11.5. The molecule has 0 bridgehead atoms. The van der Waals surface area contributed by atoms with Gasteiger partial charge in [0.25, 0.3) is 0 Å². The second kappa shape index (κ2) is 4.98. The topological polar surface area (TPSA) is 61.3 Å².